The second-order valence-electron chi connectivity index (χ2n) is 2.60. The molecule has 0 radical (unpaired) electrons. The number of halogens is 5. The molecule has 0 atom stereocenters. The number of benzene rings is 1. The van der Waals surface area contributed by atoms with E-state index < -0.39 is 34.1 Å². The van der Waals surface area contributed by atoms with Crippen molar-refractivity contribution in [3.63, 3.8) is 0 Å². The Kier molecular flexibility index (Phi) is 2.90. The normalized spacial score (nSPS) is 11.5. The first kappa shape index (κ1) is 11.8. The molecule has 0 spiro atoms. The first-order valence-corrected chi connectivity index (χ1v) is 3.91. The Morgan fingerprint density at radius 3 is 2.33 bits per heavy atom. The van der Waals surface area contributed by atoms with Crippen molar-refractivity contribution in [1.29, 1.82) is 0 Å². The van der Waals surface area contributed by atoms with Gasteiger partial charge < -0.3 is 5.11 Å². The molecule has 1 N–H and O–H groups in total. The standard InChI is InChI=1S/C8H3ClF4O2/c9-3-1-2-4(10)5(6(3)11)8(12,13)7(14)15/h1-2H,(H,14,15). The highest BCUT2D eigenvalue weighted by Gasteiger charge is 2.46. The second-order valence-corrected chi connectivity index (χ2v) is 3.00. The lowest BCUT2D eigenvalue weighted by atomic mass is 10.1. The summed E-state index contributed by atoms with van der Waals surface area (Å²) >= 11 is 5.13. The van der Waals surface area contributed by atoms with Crippen LogP contribution in [0.15, 0.2) is 12.1 Å². The highest BCUT2D eigenvalue weighted by atomic mass is 35.5. The van der Waals surface area contributed by atoms with E-state index in [4.69, 9.17) is 16.7 Å². The van der Waals surface area contributed by atoms with Gasteiger partial charge in [-0.2, -0.15) is 8.78 Å². The van der Waals surface area contributed by atoms with E-state index in [1.54, 1.807) is 0 Å². The van der Waals surface area contributed by atoms with Gasteiger partial charge in [-0.25, -0.2) is 13.6 Å². The van der Waals surface area contributed by atoms with Crippen LogP contribution in [0.25, 0.3) is 0 Å². The van der Waals surface area contributed by atoms with Crippen LogP contribution in [-0.2, 0) is 10.7 Å². The summed E-state index contributed by atoms with van der Waals surface area (Å²) in [6, 6.07) is 1.19. The third-order valence-corrected chi connectivity index (χ3v) is 1.92. The number of rotatable bonds is 2. The quantitative estimate of drug-likeness (QED) is 0.640. The van der Waals surface area contributed by atoms with Crippen LogP contribution in [0.1, 0.15) is 5.56 Å². The van der Waals surface area contributed by atoms with Crippen LogP contribution >= 0.6 is 11.6 Å². The Balaban J connectivity index is 3.49. The van der Waals surface area contributed by atoms with E-state index in [1.165, 1.54) is 0 Å². The lowest BCUT2D eigenvalue weighted by molar-refractivity contribution is -0.167. The van der Waals surface area contributed by atoms with Crippen LogP contribution < -0.4 is 0 Å². The van der Waals surface area contributed by atoms with Gasteiger partial charge in [-0.1, -0.05) is 11.6 Å². The highest BCUT2D eigenvalue weighted by Crippen LogP contribution is 2.34. The molecule has 0 saturated carbocycles. The van der Waals surface area contributed by atoms with Gasteiger partial charge in [0.2, 0.25) is 0 Å². The van der Waals surface area contributed by atoms with Gasteiger partial charge in [0.05, 0.1) is 5.02 Å². The van der Waals surface area contributed by atoms with E-state index in [0.29, 0.717) is 12.1 Å². The molecule has 1 aromatic rings. The molecular weight excluding hydrogens is 240 g/mol. The Hall–Kier alpha value is -1.30. The Morgan fingerprint density at radius 2 is 1.87 bits per heavy atom. The number of carboxylic acid groups (broad SMARTS) is 1. The van der Waals surface area contributed by atoms with Gasteiger partial charge in [0.25, 0.3) is 0 Å². The van der Waals surface area contributed by atoms with Crippen molar-refractivity contribution >= 4 is 17.6 Å². The third kappa shape index (κ3) is 1.90. The predicted octanol–water partition coefficient (Wildman–Crippen LogP) is 2.79. The lowest BCUT2D eigenvalue weighted by Crippen LogP contribution is -2.28. The SMILES string of the molecule is O=C(O)C(F)(F)c1c(F)ccc(Cl)c1F. The number of hydrogen-bond donors (Lipinski definition) is 1. The number of carboxylic acids is 1. The fourth-order valence-corrected chi connectivity index (χ4v) is 1.08. The van der Waals surface area contributed by atoms with E-state index >= 15 is 0 Å². The summed E-state index contributed by atoms with van der Waals surface area (Å²) in [5.74, 6) is -10.7. The van der Waals surface area contributed by atoms with Crippen molar-refractivity contribution in [2.24, 2.45) is 0 Å². The zero-order valence-electron chi connectivity index (χ0n) is 6.90. The Morgan fingerprint density at radius 1 is 1.33 bits per heavy atom. The monoisotopic (exact) mass is 242 g/mol. The summed E-state index contributed by atoms with van der Waals surface area (Å²) in [7, 11) is 0. The van der Waals surface area contributed by atoms with E-state index in [1.807, 2.05) is 0 Å². The molecule has 0 bridgehead atoms. The zero-order chi connectivity index (χ0) is 11.8. The van der Waals surface area contributed by atoms with Gasteiger partial charge in [0.15, 0.2) is 5.82 Å². The highest BCUT2D eigenvalue weighted by molar-refractivity contribution is 6.30. The molecule has 0 heterocycles. The third-order valence-electron chi connectivity index (χ3n) is 1.63. The summed E-state index contributed by atoms with van der Waals surface area (Å²) in [4.78, 5) is 10.1. The maximum absolute atomic E-state index is 13.0. The molecular formula is C8H3ClF4O2. The summed E-state index contributed by atoms with van der Waals surface area (Å²) < 4.78 is 51.5. The van der Waals surface area contributed by atoms with Crippen molar-refractivity contribution in [2.75, 3.05) is 0 Å². The summed E-state index contributed by atoms with van der Waals surface area (Å²) in [6.45, 7) is 0. The van der Waals surface area contributed by atoms with E-state index in [0.717, 1.165) is 0 Å². The summed E-state index contributed by atoms with van der Waals surface area (Å²) in [5, 5.41) is 7.34. The van der Waals surface area contributed by atoms with Crippen LogP contribution in [0.3, 0.4) is 0 Å². The van der Waals surface area contributed by atoms with Crippen LogP contribution in [-0.4, -0.2) is 11.1 Å². The van der Waals surface area contributed by atoms with E-state index in [9.17, 15) is 22.4 Å². The van der Waals surface area contributed by atoms with E-state index in [-0.39, 0.29) is 0 Å². The molecule has 0 aliphatic heterocycles. The van der Waals surface area contributed by atoms with Crippen LogP contribution in [0.5, 0.6) is 0 Å². The van der Waals surface area contributed by atoms with E-state index in [2.05, 4.69) is 0 Å². The molecule has 0 saturated heterocycles. The molecule has 1 rings (SSSR count). The Labute approximate surface area is 86.1 Å². The number of carbonyl (C=O) groups is 1. The number of alkyl halides is 2. The molecule has 82 valence electrons. The van der Waals surface area contributed by atoms with Crippen molar-refractivity contribution < 1.29 is 27.5 Å². The largest absolute Gasteiger partial charge is 0.477 e. The van der Waals surface area contributed by atoms with Gasteiger partial charge in [-0.05, 0) is 12.1 Å². The van der Waals surface area contributed by atoms with Crippen LogP contribution in [0, 0.1) is 11.6 Å². The van der Waals surface area contributed by atoms with Crippen molar-refractivity contribution in [2.45, 2.75) is 5.92 Å². The second kappa shape index (κ2) is 3.69. The number of hydrogen-bond acceptors (Lipinski definition) is 1. The van der Waals surface area contributed by atoms with Gasteiger partial charge in [-0.15, -0.1) is 0 Å². The van der Waals surface area contributed by atoms with Crippen molar-refractivity contribution in [3.8, 4) is 0 Å². The first-order valence-electron chi connectivity index (χ1n) is 3.53. The first-order chi connectivity index (χ1) is 6.78. The minimum atomic E-state index is -4.65. The minimum Gasteiger partial charge on any atom is -0.477 e. The molecule has 2 nitrogen and oxygen atoms in total. The molecule has 0 fully saturated rings. The van der Waals surface area contributed by atoms with Gasteiger partial charge in [0, 0.05) is 0 Å². The molecule has 15 heavy (non-hydrogen) atoms. The van der Waals surface area contributed by atoms with Gasteiger partial charge in [-0.3, -0.25) is 0 Å². The molecule has 0 aliphatic rings. The molecule has 7 heteroatoms. The van der Waals surface area contributed by atoms with Crippen LogP contribution in [0.4, 0.5) is 17.6 Å². The molecule has 0 amide bonds. The minimum absolute atomic E-state index is 0.470. The number of aliphatic carboxylic acids is 1. The average Bonchev–Trinajstić information content (AvgIpc) is 2.11. The average molecular weight is 243 g/mol. The molecule has 0 aromatic heterocycles. The lowest BCUT2D eigenvalue weighted by Gasteiger charge is -2.13. The molecule has 1 aromatic carbocycles. The smallest absolute Gasteiger partial charge is 0.379 e. The zero-order valence-corrected chi connectivity index (χ0v) is 7.66. The summed E-state index contributed by atoms with van der Waals surface area (Å²) in [6.07, 6.45) is 0. The fourth-order valence-electron chi connectivity index (χ4n) is 0.922. The summed E-state index contributed by atoms with van der Waals surface area (Å²) in [5.41, 5.74) is -1.86. The van der Waals surface area contributed by atoms with Gasteiger partial charge in [0.1, 0.15) is 11.4 Å². The predicted molar refractivity (Wildman–Crippen MR) is 42.9 cm³/mol. The van der Waals surface area contributed by atoms with Crippen molar-refractivity contribution in [3.05, 3.63) is 34.4 Å². The fraction of sp³-hybridized carbons (Fsp3) is 0.125. The Bertz CT molecular complexity index is 419. The maximum Gasteiger partial charge on any atom is 0.379 e. The van der Waals surface area contributed by atoms with Gasteiger partial charge >= 0.3 is 11.9 Å². The maximum atomic E-state index is 13.0. The molecule has 0 unspecified atom stereocenters. The molecule has 0 aliphatic carbocycles. The van der Waals surface area contributed by atoms with Crippen LogP contribution in [0.2, 0.25) is 5.02 Å². The topological polar surface area (TPSA) is 37.3 Å². The van der Waals surface area contributed by atoms with Crippen molar-refractivity contribution in [1.82, 2.24) is 0 Å².